The van der Waals surface area contributed by atoms with Crippen LogP contribution in [0.2, 0.25) is 0 Å². The number of rotatable bonds is 5. The maximum atomic E-state index is 11.7. The number of nitrogen functional groups attached to an aromatic ring is 1. The summed E-state index contributed by atoms with van der Waals surface area (Å²) in [6.45, 7) is 4.53. The normalized spacial score (nSPS) is 12.1. The highest BCUT2D eigenvalue weighted by Crippen LogP contribution is 2.26. The third kappa shape index (κ3) is 3.38. The van der Waals surface area contributed by atoms with Crippen LogP contribution in [0, 0.1) is 6.92 Å². The SMILES string of the molecule is COCC(C)N(C)c1cc(C)c(N)c(C(=O)OC)c1. The fourth-order valence-corrected chi connectivity index (χ4v) is 1.87. The van der Waals surface area contributed by atoms with E-state index in [1.54, 1.807) is 13.2 Å². The summed E-state index contributed by atoms with van der Waals surface area (Å²) < 4.78 is 9.89. The van der Waals surface area contributed by atoms with Gasteiger partial charge in [0.2, 0.25) is 0 Å². The Morgan fingerprint density at radius 3 is 2.58 bits per heavy atom. The molecule has 0 spiro atoms. The minimum atomic E-state index is -0.421. The molecule has 106 valence electrons. The van der Waals surface area contributed by atoms with Crippen molar-refractivity contribution in [1.82, 2.24) is 0 Å². The van der Waals surface area contributed by atoms with Crippen LogP contribution in [-0.4, -0.2) is 39.9 Å². The topological polar surface area (TPSA) is 64.8 Å². The summed E-state index contributed by atoms with van der Waals surface area (Å²) in [6, 6.07) is 3.90. The Balaban J connectivity index is 3.16. The Morgan fingerprint density at radius 2 is 2.05 bits per heavy atom. The molecule has 0 saturated heterocycles. The van der Waals surface area contributed by atoms with E-state index < -0.39 is 5.97 Å². The number of hydrogen-bond donors (Lipinski definition) is 1. The maximum absolute atomic E-state index is 11.7. The van der Waals surface area contributed by atoms with Gasteiger partial charge < -0.3 is 20.1 Å². The standard InChI is InChI=1S/C14H22N2O3/c1-9-6-11(16(3)10(2)8-18-4)7-12(13(9)15)14(17)19-5/h6-7,10H,8,15H2,1-5H3. The number of nitrogens with zero attached hydrogens (tertiary/aromatic N) is 1. The zero-order valence-electron chi connectivity index (χ0n) is 12.2. The number of esters is 1. The average Bonchev–Trinajstić information content (AvgIpc) is 2.40. The quantitative estimate of drug-likeness (QED) is 0.650. The molecule has 1 atom stereocenters. The highest BCUT2D eigenvalue weighted by atomic mass is 16.5. The van der Waals surface area contributed by atoms with Crippen LogP contribution in [0.3, 0.4) is 0 Å². The highest BCUT2D eigenvalue weighted by Gasteiger charge is 2.17. The van der Waals surface area contributed by atoms with Crippen LogP contribution in [-0.2, 0) is 9.47 Å². The van der Waals surface area contributed by atoms with Crippen molar-refractivity contribution in [2.75, 3.05) is 38.5 Å². The average molecular weight is 266 g/mol. The van der Waals surface area contributed by atoms with Gasteiger partial charge in [-0.1, -0.05) is 0 Å². The molecule has 0 aliphatic heterocycles. The van der Waals surface area contributed by atoms with E-state index in [2.05, 4.69) is 0 Å². The van der Waals surface area contributed by atoms with E-state index in [4.69, 9.17) is 15.2 Å². The van der Waals surface area contributed by atoms with E-state index in [1.807, 2.05) is 31.9 Å². The lowest BCUT2D eigenvalue weighted by molar-refractivity contribution is 0.0602. The third-order valence-corrected chi connectivity index (χ3v) is 3.25. The van der Waals surface area contributed by atoms with E-state index in [9.17, 15) is 4.79 Å². The van der Waals surface area contributed by atoms with Crippen molar-refractivity contribution in [3.63, 3.8) is 0 Å². The van der Waals surface area contributed by atoms with Gasteiger partial charge in [-0.2, -0.15) is 0 Å². The molecule has 0 bridgehead atoms. The number of likely N-dealkylation sites (N-methyl/N-ethyl adjacent to an activating group) is 1. The van der Waals surface area contributed by atoms with E-state index in [1.165, 1.54) is 7.11 Å². The number of anilines is 2. The van der Waals surface area contributed by atoms with Crippen LogP contribution >= 0.6 is 0 Å². The van der Waals surface area contributed by atoms with Gasteiger partial charge in [0.1, 0.15) is 0 Å². The van der Waals surface area contributed by atoms with Gasteiger partial charge in [0.05, 0.1) is 19.3 Å². The zero-order chi connectivity index (χ0) is 14.6. The lowest BCUT2D eigenvalue weighted by Gasteiger charge is -2.27. The summed E-state index contributed by atoms with van der Waals surface area (Å²) in [5, 5.41) is 0. The van der Waals surface area contributed by atoms with Crippen LogP contribution in [0.1, 0.15) is 22.8 Å². The van der Waals surface area contributed by atoms with Gasteiger partial charge in [-0.15, -0.1) is 0 Å². The molecule has 19 heavy (non-hydrogen) atoms. The molecule has 0 saturated carbocycles. The Labute approximate surface area is 114 Å². The summed E-state index contributed by atoms with van der Waals surface area (Å²) in [7, 11) is 4.97. The van der Waals surface area contributed by atoms with Crippen molar-refractivity contribution < 1.29 is 14.3 Å². The van der Waals surface area contributed by atoms with Gasteiger partial charge in [0.15, 0.2) is 0 Å². The minimum absolute atomic E-state index is 0.193. The van der Waals surface area contributed by atoms with Crippen LogP contribution < -0.4 is 10.6 Å². The van der Waals surface area contributed by atoms with E-state index >= 15 is 0 Å². The smallest absolute Gasteiger partial charge is 0.340 e. The van der Waals surface area contributed by atoms with E-state index in [0.29, 0.717) is 17.9 Å². The lowest BCUT2D eigenvalue weighted by Crippen LogP contribution is -2.32. The monoisotopic (exact) mass is 266 g/mol. The Hall–Kier alpha value is -1.75. The molecule has 0 radical (unpaired) electrons. The lowest BCUT2D eigenvalue weighted by atomic mass is 10.1. The molecule has 0 aromatic heterocycles. The molecule has 1 rings (SSSR count). The van der Waals surface area contributed by atoms with Gasteiger partial charge in [-0.05, 0) is 31.5 Å². The molecule has 0 amide bonds. The van der Waals surface area contributed by atoms with Crippen LogP contribution in [0.4, 0.5) is 11.4 Å². The number of nitrogens with two attached hydrogens (primary N) is 1. The second kappa shape index (κ2) is 6.43. The number of hydrogen-bond acceptors (Lipinski definition) is 5. The number of carbonyl (C=O) groups is 1. The number of methoxy groups -OCH3 is 2. The minimum Gasteiger partial charge on any atom is -0.465 e. The summed E-state index contributed by atoms with van der Waals surface area (Å²) >= 11 is 0. The van der Waals surface area contributed by atoms with Gasteiger partial charge in [-0.3, -0.25) is 0 Å². The maximum Gasteiger partial charge on any atom is 0.340 e. The van der Waals surface area contributed by atoms with Gasteiger partial charge in [0.25, 0.3) is 0 Å². The van der Waals surface area contributed by atoms with Crippen molar-refractivity contribution in [2.45, 2.75) is 19.9 Å². The Morgan fingerprint density at radius 1 is 1.42 bits per heavy atom. The first kappa shape index (κ1) is 15.3. The predicted octanol–water partition coefficient (Wildman–Crippen LogP) is 1.83. The fraction of sp³-hybridized carbons (Fsp3) is 0.500. The number of ether oxygens (including phenoxy) is 2. The van der Waals surface area contributed by atoms with Crippen molar-refractivity contribution in [3.05, 3.63) is 23.3 Å². The number of benzene rings is 1. The molecule has 0 heterocycles. The van der Waals surface area contributed by atoms with Crippen LogP contribution in [0.25, 0.3) is 0 Å². The largest absolute Gasteiger partial charge is 0.465 e. The molecular formula is C14H22N2O3. The van der Waals surface area contributed by atoms with Crippen LogP contribution in [0.15, 0.2) is 12.1 Å². The summed E-state index contributed by atoms with van der Waals surface area (Å²) in [5.74, 6) is -0.421. The van der Waals surface area contributed by atoms with E-state index in [0.717, 1.165) is 11.3 Å². The Bertz CT molecular complexity index is 460. The molecule has 1 aromatic carbocycles. The molecule has 1 aromatic rings. The first-order valence-corrected chi connectivity index (χ1v) is 6.12. The molecule has 1 unspecified atom stereocenters. The molecule has 0 aliphatic rings. The second-order valence-corrected chi connectivity index (χ2v) is 4.63. The predicted molar refractivity (Wildman–Crippen MR) is 76.7 cm³/mol. The van der Waals surface area contributed by atoms with Crippen molar-refractivity contribution in [3.8, 4) is 0 Å². The number of aryl methyl sites for hydroxylation is 1. The second-order valence-electron chi connectivity index (χ2n) is 4.63. The fourth-order valence-electron chi connectivity index (χ4n) is 1.87. The van der Waals surface area contributed by atoms with Gasteiger partial charge >= 0.3 is 5.97 Å². The molecule has 0 fully saturated rings. The van der Waals surface area contributed by atoms with Gasteiger partial charge in [0, 0.05) is 31.6 Å². The molecule has 2 N–H and O–H groups in total. The van der Waals surface area contributed by atoms with Gasteiger partial charge in [-0.25, -0.2) is 4.79 Å². The van der Waals surface area contributed by atoms with E-state index in [-0.39, 0.29) is 6.04 Å². The van der Waals surface area contributed by atoms with Crippen molar-refractivity contribution in [1.29, 1.82) is 0 Å². The Kier molecular flexibility index (Phi) is 5.18. The first-order chi connectivity index (χ1) is 8.92. The highest BCUT2D eigenvalue weighted by molar-refractivity contribution is 5.97. The molecule has 5 nitrogen and oxygen atoms in total. The number of carbonyl (C=O) groups excluding carboxylic acids is 1. The summed E-state index contributed by atoms with van der Waals surface area (Å²) in [6.07, 6.45) is 0. The van der Waals surface area contributed by atoms with Crippen LogP contribution in [0.5, 0.6) is 0 Å². The first-order valence-electron chi connectivity index (χ1n) is 6.12. The zero-order valence-corrected chi connectivity index (χ0v) is 12.2. The summed E-state index contributed by atoms with van der Waals surface area (Å²) in [5.41, 5.74) is 8.55. The molecule has 5 heteroatoms. The third-order valence-electron chi connectivity index (χ3n) is 3.25. The van der Waals surface area contributed by atoms with Crippen molar-refractivity contribution in [2.24, 2.45) is 0 Å². The summed E-state index contributed by atoms with van der Waals surface area (Å²) in [4.78, 5) is 13.8. The van der Waals surface area contributed by atoms with Crippen molar-refractivity contribution >= 4 is 17.3 Å². The molecule has 0 aliphatic carbocycles. The molecular weight excluding hydrogens is 244 g/mol.